The van der Waals surface area contributed by atoms with Gasteiger partial charge in [-0.3, -0.25) is 0 Å². The Kier molecular flexibility index (Phi) is 3.69. The van der Waals surface area contributed by atoms with E-state index >= 15 is 0 Å². The van der Waals surface area contributed by atoms with E-state index in [1.807, 2.05) is 12.1 Å². The standard InChI is InChI=1S/C20H20ClN3/c1-4-5-9-24-19-14(7-6-8-15(19)21)18-20(24)23-17-11-13(3)12(2)10-16(17)22-18/h6-8,10-11H,4-5,9H2,1-3H3. The maximum absolute atomic E-state index is 6.52. The quantitative estimate of drug-likeness (QED) is 0.472. The minimum Gasteiger partial charge on any atom is -0.323 e. The third-order valence-electron chi connectivity index (χ3n) is 4.76. The summed E-state index contributed by atoms with van der Waals surface area (Å²) in [6.07, 6.45) is 2.22. The van der Waals surface area contributed by atoms with Crippen molar-refractivity contribution in [3.05, 3.63) is 46.5 Å². The first-order valence-electron chi connectivity index (χ1n) is 8.45. The first kappa shape index (κ1) is 15.4. The predicted molar refractivity (Wildman–Crippen MR) is 102 cm³/mol. The molecule has 0 spiro atoms. The molecule has 4 rings (SSSR count). The molecule has 0 unspecified atom stereocenters. The van der Waals surface area contributed by atoms with Crippen LogP contribution in [0.4, 0.5) is 0 Å². The second-order valence-corrected chi connectivity index (χ2v) is 6.87. The van der Waals surface area contributed by atoms with Gasteiger partial charge in [-0.1, -0.05) is 37.1 Å². The topological polar surface area (TPSA) is 30.7 Å². The summed E-state index contributed by atoms with van der Waals surface area (Å²) in [6, 6.07) is 10.3. The maximum atomic E-state index is 6.52. The van der Waals surface area contributed by atoms with E-state index < -0.39 is 0 Å². The van der Waals surface area contributed by atoms with Crippen molar-refractivity contribution in [3.63, 3.8) is 0 Å². The van der Waals surface area contributed by atoms with Gasteiger partial charge in [-0.05, 0) is 49.6 Å². The van der Waals surface area contributed by atoms with Gasteiger partial charge in [-0.15, -0.1) is 0 Å². The molecule has 122 valence electrons. The van der Waals surface area contributed by atoms with Gasteiger partial charge in [0.25, 0.3) is 0 Å². The number of halogens is 1. The number of para-hydroxylation sites is 1. The molecule has 24 heavy (non-hydrogen) atoms. The van der Waals surface area contributed by atoms with Crippen LogP contribution in [0.1, 0.15) is 30.9 Å². The number of aryl methyl sites for hydroxylation is 3. The molecule has 0 aliphatic heterocycles. The lowest BCUT2D eigenvalue weighted by atomic mass is 10.1. The number of fused-ring (bicyclic) bond motifs is 4. The van der Waals surface area contributed by atoms with Gasteiger partial charge in [0.1, 0.15) is 5.52 Å². The molecule has 0 amide bonds. The molecule has 2 heterocycles. The highest BCUT2D eigenvalue weighted by molar-refractivity contribution is 6.36. The van der Waals surface area contributed by atoms with E-state index in [1.165, 1.54) is 11.1 Å². The zero-order valence-electron chi connectivity index (χ0n) is 14.2. The Balaban J connectivity index is 2.15. The van der Waals surface area contributed by atoms with Crippen molar-refractivity contribution in [1.82, 2.24) is 14.5 Å². The van der Waals surface area contributed by atoms with E-state index in [0.717, 1.165) is 57.5 Å². The van der Waals surface area contributed by atoms with E-state index in [2.05, 4.69) is 43.5 Å². The third-order valence-corrected chi connectivity index (χ3v) is 5.07. The fourth-order valence-corrected chi connectivity index (χ4v) is 3.57. The number of benzene rings is 2. The highest BCUT2D eigenvalue weighted by Crippen LogP contribution is 2.33. The molecule has 4 heteroatoms. The zero-order valence-corrected chi connectivity index (χ0v) is 15.0. The van der Waals surface area contributed by atoms with Crippen LogP contribution in [0.3, 0.4) is 0 Å². The van der Waals surface area contributed by atoms with Crippen LogP contribution < -0.4 is 0 Å². The smallest absolute Gasteiger partial charge is 0.160 e. The van der Waals surface area contributed by atoms with Crippen molar-refractivity contribution < 1.29 is 0 Å². The number of aromatic nitrogens is 3. The molecule has 0 fully saturated rings. The van der Waals surface area contributed by atoms with Crippen LogP contribution in [0.15, 0.2) is 30.3 Å². The Hall–Kier alpha value is -2.13. The summed E-state index contributed by atoms with van der Waals surface area (Å²) >= 11 is 6.52. The van der Waals surface area contributed by atoms with Gasteiger partial charge in [0, 0.05) is 11.9 Å². The number of hydrogen-bond donors (Lipinski definition) is 0. The minimum atomic E-state index is 0.764. The van der Waals surface area contributed by atoms with Crippen LogP contribution in [0.2, 0.25) is 5.02 Å². The van der Waals surface area contributed by atoms with Gasteiger partial charge in [0.2, 0.25) is 0 Å². The van der Waals surface area contributed by atoms with Crippen molar-refractivity contribution in [1.29, 1.82) is 0 Å². The Morgan fingerprint density at radius 3 is 2.46 bits per heavy atom. The molecule has 2 aromatic heterocycles. The summed E-state index contributed by atoms with van der Waals surface area (Å²) < 4.78 is 2.23. The molecule has 0 saturated heterocycles. The summed E-state index contributed by atoms with van der Waals surface area (Å²) in [6.45, 7) is 7.33. The van der Waals surface area contributed by atoms with E-state index in [1.54, 1.807) is 0 Å². The predicted octanol–water partition coefficient (Wildman–Crippen LogP) is 5.81. The highest BCUT2D eigenvalue weighted by atomic mass is 35.5. The van der Waals surface area contributed by atoms with Gasteiger partial charge in [0.15, 0.2) is 5.65 Å². The molecular weight excluding hydrogens is 318 g/mol. The lowest BCUT2D eigenvalue weighted by Gasteiger charge is -2.07. The molecule has 0 N–H and O–H groups in total. The zero-order chi connectivity index (χ0) is 16.8. The maximum Gasteiger partial charge on any atom is 0.160 e. The minimum absolute atomic E-state index is 0.764. The molecule has 0 atom stereocenters. The Morgan fingerprint density at radius 2 is 1.75 bits per heavy atom. The van der Waals surface area contributed by atoms with Crippen molar-refractivity contribution in [2.45, 2.75) is 40.2 Å². The lowest BCUT2D eigenvalue weighted by Crippen LogP contribution is -2.00. The first-order valence-corrected chi connectivity index (χ1v) is 8.83. The van der Waals surface area contributed by atoms with Gasteiger partial charge < -0.3 is 4.57 Å². The number of rotatable bonds is 3. The Bertz CT molecular complexity index is 1080. The van der Waals surface area contributed by atoms with E-state index in [0.29, 0.717) is 0 Å². The number of unbranched alkanes of at least 4 members (excludes halogenated alkanes) is 1. The van der Waals surface area contributed by atoms with Crippen molar-refractivity contribution in [2.24, 2.45) is 0 Å². The summed E-state index contributed by atoms with van der Waals surface area (Å²) in [7, 11) is 0. The van der Waals surface area contributed by atoms with Gasteiger partial charge in [-0.2, -0.15) is 0 Å². The fourth-order valence-electron chi connectivity index (χ4n) is 3.29. The lowest BCUT2D eigenvalue weighted by molar-refractivity contribution is 0.661. The van der Waals surface area contributed by atoms with Gasteiger partial charge >= 0.3 is 0 Å². The Labute approximate surface area is 146 Å². The highest BCUT2D eigenvalue weighted by Gasteiger charge is 2.16. The fraction of sp³-hybridized carbons (Fsp3) is 0.300. The first-order chi connectivity index (χ1) is 11.6. The molecule has 0 aliphatic rings. The van der Waals surface area contributed by atoms with Gasteiger partial charge in [-0.25, -0.2) is 9.97 Å². The third kappa shape index (κ3) is 2.27. The van der Waals surface area contributed by atoms with Crippen molar-refractivity contribution in [2.75, 3.05) is 0 Å². The second-order valence-electron chi connectivity index (χ2n) is 6.46. The number of nitrogens with zero attached hydrogens (tertiary/aromatic N) is 3. The monoisotopic (exact) mass is 337 g/mol. The summed E-state index contributed by atoms with van der Waals surface area (Å²) in [4.78, 5) is 9.89. The normalized spacial score (nSPS) is 11.8. The van der Waals surface area contributed by atoms with Crippen LogP contribution in [0, 0.1) is 13.8 Å². The molecule has 0 aliphatic carbocycles. The Morgan fingerprint density at radius 1 is 1.04 bits per heavy atom. The van der Waals surface area contributed by atoms with Crippen molar-refractivity contribution in [3.8, 4) is 0 Å². The largest absolute Gasteiger partial charge is 0.323 e. The molecule has 0 radical (unpaired) electrons. The number of hydrogen-bond acceptors (Lipinski definition) is 2. The molecule has 2 aromatic carbocycles. The van der Waals surface area contributed by atoms with Crippen LogP contribution in [-0.2, 0) is 6.54 Å². The van der Waals surface area contributed by atoms with E-state index in [4.69, 9.17) is 21.6 Å². The van der Waals surface area contributed by atoms with Crippen LogP contribution in [0.5, 0.6) is 0 Å². The van der Waals surface area contributed by atoms with E-state index in [-0.39, 0.29) is 0 Å². The SMILES string of the molecule is CCCCn1c2nc3cc(C)c(C)cc3nc2c2cccc(Cl)c21. The van der Waals surface area contributed by atoms with Crippen LogP contribution >= 0.6 is 11.6 Å². The second kappa shape index (κ2) is 5.75. The summed E-state index contributed by atoms with van der Waals surface area (Å²) in [5.41, 5.74) is 7.30. The van der Waals surface area contributed by atoms with Crippen LogP contribution in [0.25, 0.3) is 33.1 Å². The molecule has 3 nitrogen and oxygen atoms in total. The molecule has 4 aromatic rings. The van der Waals surface area contributed by atoms with E-state index in [9.17, 15) is 0 Å². The molecule has 0 bridgehead atoms. The summed E-state index contributed by atoms with van der Waals surface area (Å²) in [5, 5.41) is 1.85. The van der Waals surface area contributed by atoms with Crippen molar-refractivity contribution >= 4 is 44.7 Å². The average Bonchev–Trinajstić information content (AvgIpc) is 2.86. The summed E-state index contributed by atoms with van der Waals surface area (Å²) in [5.74, 6) is 0. The van der Waals surface area contributed by atoms with Gasteiger partial charge in [0.05, 0.1) is 21.6 Å². The average molecular weight is 338 g/mol. The molecular formula is C20H20ClN3. The van der Waals surface area contributed by atoms with Crippen LogP contribution in [-0.4, -0.2) is 14.5 Å². The molecule has 0 saturated carbocycles.